The number of aliphatic hydroxyl groups is 1. The van der Waals surface area contributed by atoms with E-state index in [1.54, 1.807) is 9.80 Å². The molecule has 6 rings (SSSR count). The number of rotatable bonds is 8. The molecule has 0 aromatic heterocycles. The van der Waals surface area contributed by atoms with Crippen LogP contribution >= 0.6 is 11.8 Å². The summed E-state index contributed by atoms with van der Waals surface area (Å²) in [5.74, 6) is -2.48. The first kappa shape index (κ1) is 31.4. The Bertz CT molecular complexity index is 1480. The standard InChI is InChI=1S/C36H43N3O5S/c1-4-37(5-2)26-15-17-27(18-16-26)38-21-12-20-36-29(30-34(43)44-22-11-7-10-19-35(30,3)45-36)32(41)39(31(36)33(38)42)28(24-40)23-25-13-8-6-9-14-25/h6,8-10,12-20,28-31,40H,4-5,7,11,21-24H2,1-3H3/b19-10-/t28-,29+,30+,31?,35-,36+/m1/s1. The maximum absolute atomic E-state index is 15.0. The number of nitrogens with zero attached hydrogens (tertiary/aromatic N) is 3. The molecule has 45 heavy (non-hydrogen) atoms. The van der Waals surface area contributed by atoms with Crippen molar-refractivity contribution < 1.29 is 24.2 Å². The quantitative estimate of drug-likeness (QED) is 0.337. The van der Waals surface area contributed by atoms with Gasteiger partial charge < -0.3 is 24.5 Å². The highest BCUT2D eigenvalue weighted by Gasteiger charge is 2.74. The third kappa shape index (κ3) is 5.37. The second-order valence-electron chi connectivity index (χ2n) is 12.5. The summed E-state index contributed by atoms with van der Waals surface area (Å²) in [6, 6.07) is 16.1. The van der Waals surface area contributed by atoms with Crippen molar-refractivity contribution in [3.63, 3.8) is 0 Å². The van der Waals surface area contributed by atoms with Crippen molar-refractivity contribution in [2.75, 3.05) is 42.6 Å². The summed E-state index contributed by atoms with van der Waals surface area (Å²) in [5.41, 5.74) is 2.78. The van der Waals surface area contributed by atoms with Crippen molar-refractivity contribution >= 4 is 40.9 Å². The van der Waals surface area contributed by atoms with E-state index in [0.717, 1.165) is 42.9 Å². The minimum absolute atomic E-state index is 0.210. The lowest BCUT2D eigenvalue weighted by molar-refractivity contribution is -0.154. The summed E-state index contributed by atoms with van der Waals surface area (Å²) >= 11 is 1.53. The summed E-state index contributed by atoms with van der Waals surface area (Å²) in [6.07, 6.45) is 9.99. The molecule has 0 saturated carbocycles. The molecule has 8 nitrogen and oxygen atoms in total. The minimum atomic E-state index is -1.02. The number of carbonyl (C=O) groups excluding carboxylic acids is 3. The number of benzene rings is 2. The fraction of sp³-hybridized carbons (Fsp3) is 0.472. The number of aliphatic hydroxyl groups excluding tert-OH is 1. The van der Waals surface area contributed by atoms with Gasteiger partial charge in [-0.25, -0.2) is 0 Å². The zero-order valence-electron chi connectivity index (χ0n) is 26.3. The minimum Gasteiger partial charge on any atom is -0.465 e. The average molecular weight is 630 g/mol. The van der Waals surface area contributed by atoms with Crippen LogP contribution in [0.2, 0.25) is 0 Å². The SMILES string of the molecule is CCN(CC)c1ccc(N2CC=C[C@]34S[C@]5(C)/C=C\CCCOC(=O)[C@@H]5[C@H]3C(=O)N([C@@H](CO)Cc3ccccc3)C4C2=O)cc1. The van der Waals surface area contributed by atoms with Crippen molar-refractivity contribution in [3.8, 4) is 0 Å². The molecule has 4 aliphatic heterocycles. The zero-order valence-corrected chi connectivity index (χ0v) is 27.1. The van der Waals surface area contributed by atoms with E-state index in [0.29, 0.717) is 19.6 Å². The highest BCUT2D eigenvalue weighted by molar-refractivity contribution is 8.02. The third-order valence-electron chi connectivity index (χ3n) is 9.90. The van der Waals surface area contributed by atoms with Crippen LogP contribution in [0.3, 0.4) is 0 Å². The molecule has 238 valence electrons. The van der Waals surface area contributed by atoms with Gasteiger partial charge in [0.2, 0.25) is 5.91 Å². The first-order valence-electron chi connectivity index (χ1n) is 16.1. The Morgan fingerprint density at radius 2 is 1.71 bits per heavy atom. The molecule has 1 N–H and O–H groups in total. The number of fused-ring (bicyclic) bond motifs is 2. The number of allylic oxidation sites excluding steroid dienone is 1. The summed E-state index contributed by atoms with van der Waals surface area (Å²) in [4.78, 5) is 49.2. The summed E-state index contributed by atoms with van der Waals surface area (Å²) in [6.45, 7) is 8.29. The van der Waals surface area contributed by atoms with Crippen LogP contribution in [-0.4, -0.2) is 82.2 Å². The molecular formula is C36H43N3O5S. The number of likely N-dealkylation sites (tertiary alicyclic amines) is 1. The summed E-state index contributed by atoms with van der Waals surface area (Å²) in [7, 11) is 0. The van der Waals surface area contributed by atoms with Gasteiger partial charge in [-0.05, 0) is 69.9 Å². The molecule has 6 atom stereocenters. The van der Waals surface area contributed by atoms with Crippen molar-refractivity contribution in [3.05, 3.63) is 84.5 Å². The van der Waals surface area contributed by atoms with Crippen LogP contribution in [0, 0.1) is 11.8 Å². The molecule has 2 fully saturated rings. The Morgan fingerprint density at radius 3 is 2.40 bits per heavy atom. The largest absolute Gasteiger partial charge is 0.465 e. The average Bonchev–Trinajstić information content (AvgIpc) is 3.40. The van der Waals surface area contributed by atoms with E-state index in [2.05, 4.69) is 30.9 Å². The van der Waals surface area contributed by atoms with E-state index >= 15 is 0 Å². The molecule has 2 aromatic carbocycles. The Balaban J connectivity index is 1.46. The maximum Gasteiger partial charge on any atom is 0.311 e. The Morgan fingerprint density at radius 1 is 0.978 bits per heavy atom. The lowest BCUT2D eigenvalue weighted by Gasteiger charge is -2.40. The molecule has 0 bridgehead atoms. The number of hydrogen-bond acceptors (Lipinski definition) is 7. The lowest BCUT2D eigenvalue weighted by atomic mass is 9.74. The van der Waals surface area contributed by atoms with Crippen LogP contribution < -0.4 is 9.80 Å². The zero-order chi connectivity index (χ0) is 31.8. The second kappa shape index (κ2) is 12.7. The smallest absolute Gasteiger partial charge is 0.311 e. The van der Waals surface area contributed by atoms with E-state index in [-0.39, 0.29) is 18.4 Å². The van der Waals surface area contributed by atoms with Gasteiger partial charge in [0.15, 0.2) is 0 Å². The van der Waals surface area contributed by atoms with E-state index in [4.69, 9.17) is 4.74 Å². The van der Waals surface area contributed by atoms with Crippen LogP contribution in [0.15, 0.2) is 78.9 Å². The third-order valence-corrected chi connectivity index (χ3v) is 11.7. The van der Waals surface area contributed by atoms with Crippen molar-refractivity contribution in [1.29, 1.82) is 0 Å². The highest BCUT2D eigenvalue weighted by Crippen LogP contribution is 2.65. The van der Waals surface area contributed by atoms with Crippen LogP contribution in [0.5, 0.6) is 0 Å². The van der Waals surface area contributed by atoms with E-state index in [1.807, 2.05) is 73.7 Å². The number of thioether (sulfide) groups is 1. The monoisotopic (exact) mass is 629 g/mol. The van der Waals surface area contributed by atoms with E-state index in [9.17, 15) is 19.5 Å². The number of carbonyl (C=O) groups is 3. The number of ether oxygens (including phenoxy) is 1. The van der Waals surface area contributed by atoms with Gasteiger partial charge in [0.05, 0.1) is 35.8 Å². The van der Waals surface area contributed by atoms with Gasteiger partial charge in [-0.2, -0.15) is 0 Å². The number of esters is 1. The van der Waals surface area contributed by atoms with Gasteiger partial charge in [-0.15, -0.1) is 11.8 Å². The Labute approximate surface area is 270 Å². The topological polar surface area (TPSA) is 90.4 Å². The normalized spacial score (nSPS) is 30.8. The fourth-order valence-corrected chi connectivity index (χ4v) is 9.91. The molecule has 1 unspecified atom stereocenters. The van der Waals surface area contributed by atoms with Gasteiger partial charge in [-0.3, -0.25) is 14.4 Å². The van der Waals surface area contributed by atoms with Gasteiger partial charge >= 0.3 is 5.97 Å². The van der Waals surface area contributed by atoms with Crippen LogP contribution in [0.1, 0.15) is 39.2 Å². The summed E-state index contributed by atoms with van der Waals surface area (Å²) in [5, 5.41) is 10.8. The molecule has 2 amide bonds. The molecule has 2 saturated heterocycles. The molecular weight excluding hydrogens is 586 g/mol. The predicted molar refractivity (Wildman–Crippen MR) is 178 cm³/mol. The molecule has 0 aliphatic carbocycles. The molecule has 0 radical (unpaired) electrons. The number of hydrogen-bond donors (Lipinski definition) is 1. The Hall–Kier alpha value is -3.56. The first-order chi connectivity index (χ1) is 21.8. The fourth-order valence-electron chi connectivity index (χ4n) is 7.77. The Kier molecular flexibility index (Phi) is 8.85. The van der Waals surface area contributed by atoms with E-state index < -0.39 is 39.4 Å². The highest BCUT2D eigenvalue weighted by atomic mass is 32.2. The first-order valence-corrected chi connectivity index (χ1v) is 16.9. The van der Waals surface area contributed by atoms with Crippen LogP contribution in [0.4, 0.5) is 11.4 Å². The molecule has 1 spiro atoms. The molecule has 4 aliphatic rings. The van der Waals surface area contributed by atoms with Crippen molar-refractivity contribution in [1.82, 2.24) is 4.90 Å². The van der Waals surface area contributed by atoms with Crippen LogP contribution in [-0.2, 0) is 25.5 Å². The van der Waals surface area contributed by atoms with Gasteiger partial charge in [-0.1, -0.05) is 54.6 Å². The van der Waals surface area contributed by atoms with E-state index in [1.165, 1.54) is 11.8 Å². The maximum atomic E-state index is 15.0. The second-order valence-corrected chi connectivity index (χ2v) is 14.3. The van der Waals surface area contributed by atoms with Crippen molar-refractivity contribution in [2.45, 2.75) is 61.6 Å². The molecule has 9 heteroatoms. The van der Waals surface area contributed by atoms with Crippen molar-refractivity contribution in [2.24, 2.45) is 11.8 Å². The predicted octanol–water partition coefficient (Wildman–Crippen LogP) is 4.62. The number of cyclic esters (lactones) is 1. The number of anilines is 2. The molecule has 2 aromatic rings. The van der Waals surface area contributed by atoms with Gasteiger partial charge in [0.25, 0.3) is 5.91 Å². The lowest BCUT2D eigenvalue weighted by Crippen LogP contribution is -2.57. The van der Waals surface area contributed by atoms with Gasteiger partial charge in [0, 0.05) is 35.8 Å². The summed E-state index contributed by atoms with van der Waals surface area (Å²) < 4.78 is 3.99. The molecule has 4 heterocycles. The number of amides is 2. The van der Waals surface area contributed by atoms with Crippen LogP contribution in [0.25, 0.3) is 0 Å². The van der Waals surface area contributed by atoms with Gasteiger partial charge in [0.1, 0.15) is 6.04 Å².